The number of rotatable bonds is 4. The second kappa shape index (κ2) is 6.21. The largest absolute Gasteiger partial charge is 0.353 e. The average molecular weight is 314 g/mol. The number of piperazine rings is 1. The van der Waals surface area contributed by atoms with E-state index in [9.17, 15) is 22.4 Å². The quantitative estimate of drug-likeness (QED) is 0.827. The maximum atomic E-state index is 13.0. The highest BCUT2D eigenvalue weighted by atomic mass is 32.2. The fourth-order valence-corrected chi connectivity index (χ4v) is 3.41. The molecule has 0 spiro atoms. The van der Waals surface area contributed by atoms with E-state index in [1.807, 2.05) is 0 Å². The van der Waals surface area contributed by atoms with Crippen molar-refractivity contribution in [2.75, 3.05) is 25.4 Å². The van der Waals surface area contributed by atoms with Crippen LogP contribution in [0.1, 0.15) is 5.56 Å². The van der Waals surface area contributed by atoms with E-state index < -0.39 is 33.1 Å². The molecule has 1 heterocycles. The lowest BCUT2D eigenvalue weighted by atomic mass is 10.2. The molecular formula is C13H15FN2O4S. The fraction of sp³-hybridized carbons (Fsp3) is 0.385. The molecule has 6 nitrogen and oxygen atoms in total. The Kier molecular flexibility index (Phi) is 4.56. The molecule has 2 amide bonds. The Balaban J connectivity index is 2.00. The van der Waals surface area contributed by atoms with Crippen LogP contribution in [-0.2, 0) is 25.2 Å². The predicted molar refractivity (Wildman–Crippen MR) is 73.5 cm³/mol. The maximum Gasteiger partial charge on any atom is 0.239 e. The normalized spacial score (nSPS) is 15.7. The van der Waals surface area contributed by atoms with Gasteiger partial charge < -0.3 is 10.2 Å². The molecule has 21 heavy (non-hydrogen) atoms. The summed E-state index contributed by atoms with van der Waals surface area (Å²) < 4.78 is 37.0. The first kappa shape index (κ1) is 15.4. The van der Waals surface area contributed by atoms with Crippen molar-refractivity contribution in [1.82, 2.24) is 10.2 Å². The van der Waals surface area contributed by atoms with Gasteiger partial charge in [-0.15, -0.1) is 0 Å². The summed E-state index contributed by atoms with van der Waals surface area (Å²) in [7, 11) is -3.71. The van der Waals surface area contributed by atoms with Crippen LogP contribution in [0.25, 0.3) is 0 Å². The Morgan fingerprint density at radius 2 is 2.14 bits per heavy atom. The molecule has 0 unspecified atom stereocenters. The standard InChI is InChI=1S/C13H15FN2O4S/c14-11-3-1-2-10(6-11)8-21(19,20)9-13(18)16-5-4-15-12(17)7-16/h1-3,6H,4-5,7-9H2,(H,15,17). The Morgan fingerprint density at radius 1 is 1.38 bits per heavy atom. The van der Waals surface area contributed by atoms with E-state index >= 15 is 0 Å². The topological polar surface area (TPSA) is 83.6 Å². The van der Waals surface area contributed by atoms with Crippen molar-refractivity contribution >= 4 is 21.7 Å². The van der Waals surface area contributed by atoms with Crippen LogP contribution in [-0.4, -0.2) is 50.5 Å². The van der Waals surface area contributed by atoms with E-state index in [0.29, 0.717) is 18.7 Å². The molecular weight excluding hydrogens is 299 g/mol. The first-order valence-electron chi connectivity index (χ1n) is 6.35. The predicted octanol–water partition coefficient (Wildman–Crippen LogP) is -0.301. The van der Waals surface area contributed by atoms with Gasteiger partial charge in [0, 0.05) is 13.1 Å². The highest BCUT2D eigenvalue weighted by molar-refractivity contribution is 7.91. The molecule has 1 aliphatic heterocycles. The Morgan fingerprint density at radius 3 is 2.81 bits per heavy atom. The molecule has 1 fully saturated rings. The van der Waals surface area contributed by atoms with Crippen molar-refractivity contribution < 1.29 is 22.4 Å². The van der Waals surface area contributed by atoms with E-state index in [2.05, 4.69) is 5.32 Å². The van der Waals surface area contributed by atoms with Gasteiger partial charge in [0.25, 0.3) is 0 Å². The zero-order chi connectivity index (χ0) is 15.5. The summed E-state index contributed by atoms with van der Waals surface area (Å²) in [6.45, 7) is 0.475. The molecule has 0 saturated carbocycles. The number of sulfone groups is 1. The highest BCUT2D eigenvalue weighted by Crippen LogP contribution is 2.10. The third kappa shape index (κ3) is 4.52. The van der Waals surface area contributed by atoms with E-state index in [1.54, 1.807) is 0 Å². The van der Waals surface area contributed by atoms with E-state index in [-0.39, 0.29) is 12.5 Å². The highest BCUT2D eigenvalue weighted by Gasteiger charge is 2.25. The van der Waals surface area contributed by atoms with Crippen LogP contribution in [0, 0.1) is 5.82 Å². The first-order valence-corrected chi connectivity index (χ1v) is 8.17. The van der Waals surface area contributed by atoms with Crippen LogP contribution in [0.2, 0.25) is 0 Å². The summed E-state index contributed by atoms with van der Waals surface area (Å²) >= 11 is 0. The third-order valence-corrected chi connectivity index (χ3v) is 4.47. The third-order valence-electron chi connectivity index (χ3n) is 3.01. The number of carbonyl (C=O) groups excluding carboxylic acids is 2. The van der Waals surface area contributed by atoms with Crippen molar-refractivity contribution in [3.05, 3.63) is 35.6 Å². The van der Waals surface area contributed by atoms with Crippen LogP contribution < -0.4 is 5.32 Å². The summed E-state index contributed by atoms with van der Waals surface area (Å²) in [5, 5.41) is 2.55. The summed E-state index contributed by atoms with van der Waals surface area (Å²) in [5.74, 6) is -2.53. The minimum Gasteiger partial charge on any atom is -0.353 e. The van der Waals surface area contributed by atoms with Crippen LogP contribution in [0.15, 0.2) is 24.3 Å². The van der Waals surface area contributed by atoms with Gasteiger partial charge >= 0.3 is 0 Å². The molecule has 8 heteroatoms. The van der Waals surface area contributed by atoms with Gasteiger partial charge in [-0.2, -0.15) is 0 Å². The van der Waals surface area contributed by atoms with Crippen LogP contribution in [0.4, 0.5) is 4.39 Å². The second-order valence-electron chi connectivity index (χ2n) is 4.83. The van der Waals surface area contributed by atoms with Crippen LogP contribution in [0.3, 0.4) is 0 Å². The lowest BCUT2D eigenvalue weighted by molar-refractivity contribution is -0.136. The molecule has 0 radical (unpaired) electrons. The summed E-state index contributed by atoms with van der Waals surface area (Å²) in [6.07, 6.45) is 0. The summed E-state index contributed by atoms with van der Waals surface area (Å²) in [5.41, 5.74) is 0.291. The second-order valence-corrected chi connectivity index (χ2v) is 6.89. The van der Waals surface area contributed by atoms with Gasteiger partial charge in [-0.05, 0) is 17.7 Å². The molecule has 114 valence electrons. The van der Waals surface area contributed by atoms with Crippen molar-refractivity contribution in [3.63, 3.8) is 0 Å². The number of hydrogen-bond acceptors (Lipinski definition) is 4. The van der Waals surface area contributed by atoms with E-state index in [4.69, 9.17) is 0 Å². The Hall–Kier alpha value is -1.96. The van der Waals surface area contributed by atoms with Crippen molar-refractivity contribution in [3.8, 4) is 0 Å². The fourth-order valence-electron chi connectivity index (χ4n) is 2.06. The van der Waals surface area contributed by atoms with Gasteiger partial charge in [-0.1, -0.05) is 12.1 Å². The van der Waals surface area contributed by atoms with Gasteiger partial charge in [0.15, 0.2) is 9.84 Å². The van der Waals surface area contributed by atoms with Gasteiger partial charge in [0.2, 0.25) is 11.8 Å². The van der Waals surface area contributed by atoms with Gasteiger partial charge in [-0.25, -0.2) is 12.8 Å². The van der Waals surface area contributed by atoms with E-state index in [1.165, 1.54) is 23.1 Å². The zero-order valence-electron chi connectivity index (χ0n) is 11.2. The number of hydrogen-bond donors (Lipinski definition) is 1. The molecule has 1 aliphatic rings. The first-order chi connectivity index (χ1) is 9.85. The van der Waals surface area contributed by atoms with Gasteiger partial charge in [0.1, 0.15) is 11.6 Å². The zero-order valence-corrected chi connectivity index (χ0v) is 12.0. The summed E-state index contributed by atoms with van der Waals surface area (Å²) in [6, 6.07) is 5.24. The van der Waals surface area contributed by atoms with Gasteiger partial charge in [-0.3, -0.25) is 9.59 Å². The number of benzene rings is 1. The summed E-state index contributed by atoms with van der Waals surface area (Å²) in [4.78, 5) is 24.3. The number of carbonyl (C=O) groups is 2. The molecule has 0 atom stereocenters. The van der Waals surface area contributed by atoms with Crippen LogP contribution in [0.5, 0.6) is 0 Å². The SMILES string of the molecule is O=C1CN(C(=O)CS(=O)(=O)Cc2cccc(F)c2)CCN1. The molecule has 1 saturated heterocycles. The molecule has 1 aromatic carbocycles. The molecule has 0 aliphatic carbocycles. The van der Waals surface area contributed by atoms with Crippen molar-refractivity contribution in [2.45, 2.75) is 5.75 Å². The smallest absolute Gasteiger partial charge is 0.239 e. The Bertz CT molecular complexity index is 660. The number of nitrogens with zero attached hydrogens (tertiary/aromatic N) is 1. The van der Waals surface area contributed by atoms with Crippen molar-refractivity contribution in [1.29, 1.82) is 0 Å². The van der Waals surface area contributed by atoms with E-state index in [0.717, 1.165) is 6.07 Å². The lowest BCUT2D eigenvalue weighted by Gasteiger charge is -2.26. The van der Waals surface area contributed by atoms with Gasteiger partial charge in [0.05, 0.1) is 12.3 Å². The monoisotopic (exact) mass is 314 g/mol. The number of halogens is 1. The average Bonchev–Trinajstić information content (AvgIpc) is 2.37. The molecule has 1 N–H and O–H groups in total. The van der Waals surface area contributed by atoms with Crippen LogP contribution >= 0.6 is 0 Å². The lowest BCUT2D eigenvalue weighted by Crippen LogP contribution is -2.51. The minimum absolute atomic E-state index is 0.131. The number of nitrogens with one attached hydrogen (secondary N) is 1. The molecule has 1 aromatic rings. The molecule has 0 aromatic heterocycles. The Labute approximate surface area is 121 Å². The molecule has 2 rings (SSSR count). The maximum absolute atomic E-state index is 13.0. The van der Waals surface area contributed by atoms with Crippen molar-refractivity contribution in [2.24, 2.45) is 0 Å². The molecule has 0 bridgehead atoms. The minimum atomic E-state index is -3.71. The number of amides is 2.